The van der Waals surface area contributed by atoms with Crippen molar-refractivity contribution in [1.29, 1.82) is 0 Å². The Balaban J connectivity index is 1.53. The molecule has 6 heteroatoms. The van der Waals surface area contributed by atoms with E-state index < -0.39 is 0 Å². The molecule has 1 atom stereocenters. The SMILES string of the molecule is CSCc1nc(N2CCC(C3CCCN3)CC2)n[nH]1. The Morgan fingerprint density at radius 1 is 1.32 bits per heavy atom. The minimum atomic E-state index is 0.765. The van der Waals surface area contributed by atoms with Gasteiger partial charge in [0, 0.05) is 19.1 Å². The van der Waals surface area contributed by atoms with Crippen LogP contribution in [0.3, 0.4) is 0 Å². The molecule has 0 aromatic carbocycles. The summed E-state index contributed by atoms with van der Waals surface area (Å²) in [6.45, 7) is 3.41. The van der Waals surface area contributed by atoms with Crippen LogP contribution in [0.4, 0.5) is 5.95 Å². The molecule has 1 unspecified atom stereocenters. The summed E-state index contributed by atoms with van der Waals surface area (Å²) < 4.78 is 0. The average Bonchev–Trinajstić information content (AvgIpc) is 3.10. The molecule has 0 saturated carbocycles. The summed E-state index contributed by atoms with van der Waals surface area (Å²) in [4.78, 5) is 6.89. The lowest BCUT2D eigenvalue weighted by molar-refractivity contribution is 0.317. The van der Waals surface area contributed by atoms with Gasteiger partial charge in [0.1, 0.15) is 5.82 Å². The highest BCUT2D eigenvalue weighted by Crippen LogP contribution is 2.27. The van der Waals surface area contributed by atoms with E-state index in [0.29, 0.717) is 0 Å². The maximum absolute atomic E-state index is 4.57. The van der Waals surface area contributed by atoms with Crippen LogP contribution < -0.4 is 10.2 Å². The number of aromatic amines is 1. The molecule has 0 aliphatic carbocycles. The summed E-state index contributed by atoms with van der Waals surface area (Å²) in [5, 5.41) is 11.0. The molecule has 2 aliphatic rings. The first-order valence-electron chi connectivity index (χ1n) is 7.25. The van der Waals surface area contributed by atoms with Crippen molar-refractivity contribution in [3.8, 4) is 0 Å². The van der Waals surface area contributed by atoms with E-state index in [1.54, 1.807) is 11.8 Å². The molecule has 1 aromatic heterocycles. The van der Waals surface area contributed by atoms with Gasteiger partial charge in [0.2, 0.25) is 5.95 Å². The van der Waals surface area contributed by atoms with Crippen molar-refractivity contribution in [2.75, 3.05) is 30.8 Å². The molecule has 2 aliphatic heterocycles. The molecule has 1 aromatic rings. The maximum atomic E-state index is 4.57. The van der Waals surface area contributed by atoms with Crippen molar-refractivity contribution in [1.82, 2.24) is 20.5 Å². The zero-order chi connectivity index (χ0) is 13.1. The lowest BCUT2D eigenvalue weighted by Crippen LogP contribution is -2.41. The smallest absolute Gasteiger partial charge is 0.244 e. The second kappa shape index (κ2) is 6.13. The van der Waals surface area contributed by atoms with E-state index in [1.807, 2.05) is 0 Å². The third-order valence-electron chi connectivity index (χ3n) is 4.29. The molecule has 3 rings (SSSR count). The van der Waals surface area contributed by atoms with Crippen LogP contribution in [-0.2, 0) is 5.75 Å². The Morgan fingerprint density at radius 3 is 2.84 bits per heavy atom. The van der Waals surface area contributed by atoms with Crippen LogP contribution in [0.2, 0.25) is 0 Å². The van der Waals surface area contributed by atoms with Crippen LogP contribution in [-0.4, -0.2) is 47.1 Å². The molecule has 0 spiro atoms. The second-order valence-electron chi connectivity index (χ2n) is 5.54. The van der Waals surface area contributed by atoms with Crippen molar-refractivity contribution < 1.29 is 0 Å². The van der Waals surface area contributed by atoms with Gasteiger partial charge in [-0.3, -0.25) is 5.10 Å². The zero-order valence-corrected chi connectivity index (χ0v) is 12.4. The number of piperidine rings is 1. The van der Waals surface area contributed by atoms with Crippen LogP contribution in [0.15, 0.2) is 0 Å². The molecular weight excluding hydrogens is 258 g/mol. The summed E-state index contributed by atoms with van der Waals surface area (Å²) in [5.74, 6) is 3.64. The van der Waals surface area contributed by atoms with Crippen LogP contribution in [0.1, 0.15) is 31.5 Å². The Morgan fingerprint density at radius 2 is 2.16 bits per heavy atom. The molecule has 0 radical (unpaired) electrons. The fourth-order valence-corrected chi connectivity index (χ4v) is 3.65. The second-order valence-corrected chi connectivity index (χ2v) is 6.41. The number of thioether (sulfide) groups is 1. The van der Waals surface area contributed by atoms with Crippen LogP contribution in [0.25, 0.3) is 0 Å². The van der Waals surface area contributed by atoms with Gasteiger partial charge in [0.15, 0.2) is 0 Å². The Hall–Kier alpha value is -0.750. The predicted octanol–water partition coefficient (Wildman–Crippen LogP) is 1.64. The van der Waals surface area contributed by atoms with Gasteiger partial charge in [-0.15, -0.1) is 5.10 Å². The lowest BCUT2D eigenvalue weighted by Gasteiger charge is -2.34. The molecule has 2 N–H and O–H groups in total. The summed E-state index contributed by atoms with van der Waals surface area (Å²) in [6, 6.07) is 0.765. The van der Waals surface area contributed by atoms with Crippen LogP contribution >= 0.6 is 11.8 Å². The maximum Gasteiger partial charge on any atom is 0.244 e. The van der Waals surface area contributed by atoms with Gasteiger partial charge in [-0.25, -0.2) is 0 Å². The van der Waals surface area contributed by atoms with Gasteiger partial charge in [0.25, 0.3) is 0 Å². The molecule has 3 heterocycles. The summed E-state index contributed by atoms with van der Waals surface area (Å²) in [7, 11) is 0. The third-order valence-corrected chi connectivity index (χ3v) is 4.85. The molecule has 19 heavy (non-hydrogen) atoms. The molecule has 2 saturated heterocycles. The van der Waals surface area contributed by atoms with Crippen LogP contribution in [0.5, 0.6) is 0 Å². The monoisotopic (exact) mass is 281 g/mol. The number of anilines is 1. The minimum absolute atomic E-state index is 0.765. The minimum Gasteiger partial charge on any atom is -0.340 e. The van der Waals surface area contributed by atoms with E-state index in [4.69, 9.17) is 0 Å². The largest absolute Gasteiger partial charge is 0.340 e. The Bertz CT molecular complexity index is 393. The van der Waals surface area contributed by atoms with E-state index >= 15 is 0 Å². The first kappa shape index (κ1) is 13.2. The van der Waals surface area contributed by atoms with Gasteiger partial charge < -0.3 is 10.2 Å². The van der Waals surface area contributed by atoms with E-state index in [9.17, 15) is 0 Å². The van der Waals surface area contributed by atoms with Crippen LogP contribution in [0, 0.1) is 5.92 Å². The molecule has 2 fully saturated rings. The first-order valence-corrected chi connectivity index (χ1v) is 8.65. The van der Waals surface area contributed by atoms with Gasteiger partial charge in [-0.2, -0.15) is 16.7 Å². The summed E-state index contributed by atoms with van der Waals surface area (Å²) >= 11 is 1.77. The van der Waals surface area contributed by atoms with E-state index in [2.05, 4.69) is 31.7 Å². The standard InChI is InChI=1S/C13H23N5S/c1-19-9-12-15-13(17-16-12)18-7-4-10(5-8-18)11-3-2-6-14-11/h10-11,14H,2-9H2,1H3,(H,15,16,17). The fraction of sp³-hybridized carbons (Fsp3) is 0.846. The highest BCUT2D eigenvalue weighted by molar-refractivity contribution is 7.97. The van der Waals surface area contributed by atoms with Gasteiger partial charge in [-0.05, 0) is 44.4 Å². The number of hydrogen-bond donors (Lipinski definition) is 2. The summed E-state index contributed by atoms with van der Waals surface area (Å²) in [5.41, 5.74) is 0. The number of nitrogens with zero attached hydrogens (tertiary/aromatic N) is 3. The molecule has 5 nitrogen and oxygen atoms in total. The molecular formula is C13H23N5S. The molecule has 0 bridgehead atoms. The summed E-state index contributed by atoms with van der Waals surface area (Å²) in [6.07, 6.45) is 7.34. The topological polar surface area (TPSA) is 56.8 Å². The lowest BCUT2D eigenvalue weighted by atomic mass is 9.89. The zero-order valence-electron chi connectivity index (χ0n) is 11.6. The Labute approximate surface area is 118 Å². The quantitative estimate of drug-likeness (QED) is 0.878. The van der Waals surface area contributed by atoms with E-state index in [0.717, 1.165) is 42.6 Å². The highest BCUT2D eigenvalue weighted by atomic mass is 32.2. The number of nitrogens with one attached hydrogen (secondary N) is 2. The van der Waals surface area contributed by atoms with Gasteiger partial charge in [0.05, 0.1) is 5.75 Å². The normalized spacial score (nSPS) is 25.1. The molecule has 0 amide bonds. The van der Waals surface area contributed by atoms with E-state index in [1.165, 1.54) is 32.2 Å². The van der Waals surface area contributed by atoms with Crippen molar-refractivity contribution in [3.63, 3.8) is 0 Å². The van der Waals surface area contributed by atoms with Crippen molar-refractivity contribution in [3.05, 3.63) is 5.82 Å². The number of H-pyrrole nitrogens is 1. The van der Waals surface area contributed by atoms with Crippen molar-refractivity contribution >= 4 is 17.7 Å². The van der Waals surface area contributed by atoms with Gasteiger partial charge in [-0.1, -0.05) is 0 Å². The van der Waals surface area contributed by atoms with Crippen molar-refractivity contribution in [2.45, 2.75) is 37.5 Å². The molecule has 106 valence electrons. The first-order chi connectivity index (χ1) is 9.36. The number of rotatable bonds is 4. The average molecular weight is 281 g/mol. The fourth-order valence-electron chi connectivity index (χ4n) is 3.24. The van der Waals surface area contributed by atoms with E-state index in [-0.39, 0.29) is 0 Å². The number of aromatic nitrogens is 3. The predicted molar refractivity (Wildman–Crippen MR) is 79.6 cm³/mol. The third kappa shape index (κ3) is 3.05. The highest BCUT2D eigenvalue weighted by Gasteiger charge is 2.29. The number of hydrogen-bond acceptors (Lipinski definition) is 5. The Kier molecular flexibility index (Phi) is 4.28. The van der Waals surface area contributed by atoms with Gasteiger partial charge >= 0.3 is 0 Å². The van der Waals surface area contributed by atoms with Crippen molar-refractivity contribution in [2.24, 2.45) is 5.92 Å².